The topological polar surface area (TPSA) is 9.23 Å². The van der Waals surface area contributed by atoms with E-state index in [1.54, 1.807) is 0 Å². The van der Waals surface area contributed by atoms with Gasteiger partial charge in [0.15, 0.2) is 0 Å². The Labute approximate surface area is 91.1 Å². The van der Waals surface area contributed by atoms with Gasteiger partial charge in [0.25, 0.3) is 0 Å². The molecule has 1 aliphatic carbocycles. The first-order chi connectivity index (χ1) is 7.34. The fourth-order valence-corrected chi connectivity index (χ4v) is 1.65. The van der Waals surface area contributed by atoms with E-state index in [1.807, 2.05) is 12.1 Å². The van der Waals surface area contributed by atoms with Crippen molar-refractivity contribution in [1.82, 2.24) is 0 Å². The molecule has 0 aliphatic heterocycles. The van der Waals surface area contributed by atoms with Gasteiger partial charge in [-0.15, -0.1) is 0 Å². The van der Waals surface area contributed by atoms with Crippen molar-refractivity contribution in [2.45, 2.75) is 19.8 Å². The largest absolute Gasteiger partial charge is 0.489 e. The van der Waals surface area contributed by atoms with Crippen LogP contribution >= 0.6 is 0 Å². The summed E-state index contributed by atoms with van der Waals surface area (Å²) in [5.74, 6) is 0.963. The highest BCUT2D eigenvalue weighted by molar-refractivity contribution is 5.28. The van der Waals surface area contributed by atoms with Crippen LogP contribution in [0.25, 0.3) is 0 Å². The molecule has 0 N–H and O–H groups in total. The van der Waals surface area contributed by atoms with Crippen LogP contribution in [0.15, 0.2) is 48.1 Å². The van der Waals surface area contributed by atoms with E-state index in [-0.39, 0.29) is 0 Å². The van der Waals surface area contributed by atoms with Crippen molar-refractivity contribution < 1.29 is 4.74 Å². The van der Waals surface area contributed by atoms with Crippen LogP contribution in [0.3, 0.4) is 0 Å². The van der Waals surface area contributed by atoms with Gasteiger partial charge >= 0.3 is 0 Å². The molecule has 1 aromatic rings. The third kappa shape index (κ3) is 2.98. The predicted octanol–water partition coefficient (Wildman–Crippen LogP) is 3.65. The summed E-state index contributed by atoms with van der Waals surface area (Å²) in [6.07, 6.45) is 8.72. The summed E-state index contributed by atoms with van der Waals surface area (Å²) in [5.41, 5.74) is 2.61. The Bertz CT molecular complexity index is 388. The molecule has 0 heterocycles. The van der Waals surface area contributed by atoms with Crippen molar-refractivity contribution in [1.29, 1.82) is 0 Å². The highest BCUT2D eigenvalue weighted by atomic mass is 16.5. The van der Waals surface area contributed by atoms with E-state index >= 15 is 0 Å². The van der Waals surface area contributed by atoms with Crippen molar-refractivity contribution in [3.05, 3.63) is 53.6 Å². The molecule has 2 rings (SSSR count). The fraction of sp³-hybridized carbons (Fsp3) is 0.286. The van der Waals surface area contributed by atoms with Gasteiger partial charge in [0.2, 0.25) is 0 Å². The van der Waals surface area contributed by atoms with Crippen LogP contribution in [-0.4, -0.2) is 6.61 Å². The van der Waals surface area contributed by atoms with Crippen molar-refractivity contribution in [3.8, 4) is 5.75 Å². The van der Waals surface area contributed by atoms with Gasteiger partial charge in [-0.3, -0.25) is 0 Å². The molecule has 0 aromatic heterocycles. The molecule has 15 heavy (non-hydrogen) atoms. The summed E-state index contributed by atoms with van der Waals surface area (Å²) in [4.78, 5) is 0. The maximum Gasteiger partial charge on any atom is 0.120 e. The number of aryl methyl sites for hydroxylation is 1. The monoisotopic (exact) mass is 200 g/mol. The van der Waals surface area contributed by atoms with Gasteiger partial charge < -0.3 is 4.74 Å². The Morgan fingerprint density at radius 3 is 3.00 bits per heavy atom. The lowest BCUT2D eigenvalue weighted by Crippen LogP contribution is -2.02. The van der Waals surface area contributed by atoms with Crippen molar-refractivity contribution in [2.24, 2.45) is 0 Å². The van der Waals surface area contributed by atoms with Crippen LogP contribution in [0.4, 0.5) is 0 Å². The van der Waals surface area contributed by atoms with Crippen LogP contribution in [0.5, 0.6) is 5.75 Å². The molecule has 0 spiro atoms. The lowest BCUT2D eigenvalue weighted by molar-refractivity contribution is 0.347. The third-order valence-corrected chi connectivity index (χ3v) is 2.51. The number of hydrogen-bond donors (Lipinski definition) is 0. The van der Waals surface area contributed by atoms with E-state index in [4.69, 9.17) is 4.74 Å². The molecular weight excluding hydrogens is 184 g/mol. The van der Waals surface area contributed by atoms with E-state index in [0.717, 1.165) is 18.6 Å². The second kappa shape index (κ2) is 4.83. The highest BCUT2D eigenvalue weighted by Gasteiger charge is 2.00. The number of benzene rings is 1. The first kappa shape index (κ1) is 10.0. The quantitative estimate of drug-likeness (QED) is 0.723. The summed E-state index contributed by atoms with van der Waals surface area (Å²) in [6, 6.07) is 8.18. The van der Waals surface area contributed by atoms with E-state index in [0.29, 0.717) is 6.61 Å². The van der Waals surface area contributed by atoms with Gasteiger partial charge in [-0.1, -0.05) is 30.4 Å². The third-order valence-electron chi connectivity index (χ3n) is 2.51. The predicted molar refractivity (Wildman–Crippen MR) is 63.1 cm³/mol. The van der Waals surface area contributed by atoms with E-state index in [1.165, 1.54) is 11.1 Å². The van der Waals surface area contributed by atoms with Crippen LogP contribution in [0, 0.1) is 6.92 Å². The Balaban J connectivity index is 1.93. The van der Waals surface area contributed by atoms with Gasteiger partial charge in [0.1, 0.15) is 12.4 Å². The molecule has 78 valence electrons. The van der Waals surface area contributed by atoms with Gasteiger partial charge in [-0.05, 0) is 43.0 Å². The van der Waals surface area contributed by atoms with Gasteiger partial charge in [-0.25, -0.2) is 0 Å². The molecule has 0 bridgehead atoms. The van der Waals surface area contributed by atoms with E-state index in [9.17, 15) is 0 Å². The molecular formula is C14H16O. The van der Waals surface area contributed by atoms with E-state index < -0.39 is 0 Å². The molecule has 1 aromatic carbocycles. The lowest BCUT2D eigenvalue weighted by Gasteiger charge is -2.11. The highest BCUT2D eigenvalue weighted by Crippen LogP contribution is 2.16. The smallest absolute Gasteiger partial charge is 0.120 e. The second-order valence-corrected chi connectivity index (χ2v) is 3.90. The standard InChI is InChI=1S/C14H16O/c1-12-6-5-9-14(10-12)15-11-13-7-3-2-4-8-13/h2-3,5-7,9-10H,4,8,11H2,1H3. The second-order valence-electron chi connectivity index (χ2n) is 3.90. The summed E-state index contributed by atoms with van der Waals surface area (Å²) >= 11 is 0. The molecule has 0 saturated carbocycles. The van der Waals surface area contributed by atoms with E-state index in [2.05, 4.69) is 37.3 Å². The molecule has 0 unspecified atom stereocenters. The fourth-order valence-electron chi connectivity index (χ4n) is 1.65. The number of ether oxygens (including phenoxy) is 1. The summed E-state index contributed by atoms with van der Waals surface area (Å²) in [6.45, 7) is 2.79. The number of rotatable bonds is 3. The average Bonchev–Trinajstić information content (AvgIpc) is 2.28. The molecule has 0 atom stereocenters. The van der Waals surface area contributed by atoms with Gasteiger partial charge in [-0.2, -0.15) is 0 Å². The number of hydrogen-bond acceptors (Lipinski definition) is 1. The maximum absolute atomic E-state index is 5.72. The van der Waals surface area contributed by atoms with Crippen molar-refractivity contribution >= 4 is 0 Å². The van der Waals surface area contributed by atoms with Crippen molar-refractivity contribution in [2.75, 3.05) is 6.61 Å². The molecule has 1 heteroatoms. The molecule has 1 nitrogen and oxygen atoms in total. The summed E-state index contributed by atoms with van der Waals surface area (Å²) in [7, 11) is 0. The normalized spacial score (nSPS) is 14.9. The Kier molecular flexibility index (Phi) is 3.23. The SMILES string of the molecule is Cc1cccc(OCC2=CC=CCC2)c1. The zero-order chi connectivity index (χ0) is 10.5. The van der Waals surface area contributed by atoms with Gasteiger partial charge in [0.05, 0.1) is 0 Å². The van der Waals surface area contributed by atoms with Crippen LogP contribution < -0.4 is 4.74 Å². The first-order valence-electron chi connectivity index (χ1n) is 5.38. The summed E-state index contributed by atoms with van der Waals surface area (Å²) in [5, 5.41) is 0. The van der Waals surface area contributed by atoms with Crippen LogP contribution in [0.2, 0.25) is 0 Å². The molecule has 0 amide bonds. The van der Waals surface area contributed by atoms with Crippen LogP contribution in [0.1, 0.15) is 18.4 Å². The number of allylic oxidation sites excluding steroid dienone is 3. The maximum atomic E-state index is 5.72. The molecule has 1 aliphatic rings. The minimum atomic E-state index is 0.716. The summed E-state index contributed by atoms with van der Waals surface area (Å²) < 4.78 is 5.72. The zero-order valence-electron chi connectivity index (χ0n) is 9.07. The Hall–Kier alpha value is -1.50. The van der Waals surface area contributed by atoms with Crippen LogP contribution in [-0.2, 0) is 0 Å². The Morgan fingerprint density at radius 2 is 2.27 bits per heavy atom. The minimum Gasteiger partial charge on any atom is -0.489 e. The molecule has 0 fully saturated rings. The Morgan fingerprint density at radius 1 is 1.33 bits per heavy atom. The molecule has 0 saturated heterocycles. The minimum absolute atomic E-state index is 0.716. The van der Waals surface area contributed by atoms with Gasteiger partial charge in [0, 0.05) is 0 Å². The average molecular weight is 200 g/mol. The van der Waals surface area contributed by atoms with Crippen molar-refractivity contribution in [3.63, 3.8) is 0 Å². The zero-order valence-corrected chi connectivity index (χ0v) is 9.07. The first-order valence-corrected chi connectivity index (χ1v) is 5.38. The molecule has 0 radical (unpaired) electrons. The lowest BCUT2D eigenvalue weighted by atomic mass is 10.1.